The van der Waals surface area contributed by atoms with Gasteiger partial charge in [0.15, 0.2) is 11.6 Å². The number of anilines is 2. The summed E-state index contributed by atoms with van der Waals surface area (Å²) in [5, 5.41) is 11.4. The first-order chi connectivity index (χ1) is 12.5. The fourth-order valence-corrected chi connectivity index (χ4v) is 3.08. The Hall–Kier alpha value is -2.70. The minimum atomic E-state index is -0.286. The molecule has 1 aliphatic heterocycles. The summed E-state index contributed by atoms with van der Waals surface area (Å²) in [6.07, 6.45) is 1.54. The molecule has 0 bridgehead atoms. The molecule has 1 N–H and O–H groups in total. The van der Waals surface area contributed by atoms with Crippen molar-refractivity contribution in [3.05, 3.63) is 47.8 Å². The number of carbonyl (C=O) groups excluding carboxylic acids is 1. The quantitative estimate of drug-likeness (QED) is 0.889. The van der Waals surface area contributed by atoms with Crippen LogP contribution in [0.2, 0.25) is 0 Å². The third kappa shape index (κ3) is 4.47. The molecular weight excluding hydrogens is 333 g/mol. The molecule has 2 aromatic rings. The summed E-state index contributed by atoms with van der Waals surface area (Å²) in [5.41, 5.74) is 0.770. The fraction of sp³-hybridized carbons (Fsp3) is 0.421. The number of nitrogens with zero attached hydrogens (tertiary/aromatic N) is 4. The zero-order valence-electron chi connectivity index (χ0n) is 15.2. The Kier molecular flexibility index (Phi) is 5.65. The second-order valence-corrected chi connectivity index (χ2v) is 6.75. The lowest BCUT2D eigenvalue weighted by Gasteiger charge is -2.32. The minimum Gasteiger partial charge on any atom is -0.361 e. The van der Waals surface area contributed by atoms with Crippen molar-refractivity contribution in [3.8, 4) is 0 Å². The van der Waals surface area contributed by atoms with Crippen molar-refractivity contribution in [2.75, 3.05) is 37.0 Å². The zero-order valence-corrected chi connectivity index (χ0v) is 15.2. The Morgan fingerprint density at radius 3 is 2.62 bits per heavy atom. The van der Waals surface area contributed by atoms with Crippen molar-refractivity contribution in [3.63, 3.8) is 0 Å². The third-order valence-corrected chi connectivity index (χ3v) is 4.64. The van der Waals surface area contributed by atoms with E-state index in [0.717, 1.165) is 43.1 Å². The zero-order chi connectivity index (χ0) is 18.5. The van der Waals surface area contributed by atoms with Crippen molar-refractivity contribution in [1.82, 2.24) is 15.5 Å². The molecule has 2 heterocycles. The molecule has 0 aliphatic carbocycles. The lowest BCUT2D eigenvalue weighted by molar-refractivity contribution is -0.125. The summed E-state index contributed by atoms with van der Waals surface area (Å²) in [4.78, 5) is 16.4. The summed E-state index contributed by atoms with van der Waals surface area (Å²) in [6.45, 7) is 1.90. The molecule has 1 aromatic heterocycles. The van der Waals surface area contributed by atoms with Gasteiger partial charge in [0, 0.05) is 39.6 Å². The van der Waals surface area contributed by atoms with Crippen molar-refractivity contribution in [1.29, 1.82) is 0 Å². The summed E-state index contributed by atoms with van der Waals surface area (Å²) in [6, 6.07) is 10.2. The number of hydrogen-bond acceptors (Lipinski definition) is 5. The summed E-state index contributed by atoms with van der Waals surface area (Å²) in [7, 11) is 3.86. The maximum atomic E-state index is 13.2. The predicted octanol–water partition coefficient (Wildman–Crippen LogP) is 2.21. The van der Waals surface area contributed by atoms with Crippen LogP contribution in [0, 0.1) is 11.7 Å². The van der Waals surface area contributed by atoms with Crippen LogP contribution < -0.4 is 15.1 Å². The number of aromatic nitrogens is 2. The van der Waals surface area contributed by atoms with E-state index in [9.17, 15) is 9.18 Å². The normalized spacial score (nSPS) is 15.0. The summed E-state index contributed by atoms with van der Waals surface area (Å²) in [5.74, 6) is 1.39. The monoisotopic (exact) mass is 357 g/mol. The highest BCUT2D eigenvalue weighted by Crippen LogP contribution is 2.22. The van der Waals surface area contributed by atoms with Gasteiger partial charge in [-0.1, -0.05) is 12.1 Å². The van der Waals surface area contributed by atoms with Crippen LogP contribution in [0.1, 0.15) is 18.4 Å². The van der Waals surface area contributed by atoms with Gasteiger partial charge in [-0.2, -0.15) is 0 Å². The van der Waals surface area contributed by atoms with E-state index in [1.165, 1.54) is 12.1 Å². The molecule has 1 saturated heterocycles. The van der Waals surface area contributed by atoms with Crippen LogP contribution in [0.25, 0.3) is 0 Å². The summed E-state index contributed by atoms with van der Waals surface area (Å²) < 4.78 is 13.2. The molecule has 0 spiro atoms. The molecule has 1 fully saturated rings. The van der Waals surface area contributed by atoms with Gasteiger partial charge >= 0.3 is 0 Å². The fourth-order valence-electron chi connectivity index (χ4n) is 3.08. The molecule has 0 radical (unpaired) electrons. The number of rotatable bonds is 5. The molecule has 0 unspecified atom stereocenters. The highest BCUT2D eigenvalue weighted by Gasteiger charge is 2.25. The first-order valence-corrected chi connectivity index (χ1v) is 8.81. The van der Waals surface area contributed by atoms with E-state index in [-0.39, 0.29) is 17.6 Å². The maximum absolute atomic E-state index is 13.2. The standard InChI is InChI=1S/C19H24FN5O/c1-24(2)17-6-7-18(23-22-17)25-10-8-15(9-11-25)19(26)21-13-14-4-3-5-16(20)12-14/h3-7,12,15H,8-11,13H2,1-2H3,(H,21,26). The first-order valence-electron chi connectivity index (χ1n) is 8.81. The molecule has 1 aliphatic rings. The van der Waals surface area contributed by atoms with Gasteiger partial charge in [0.05, 0.1) is 0 Å². The molecule has 0 atom stereocenters. The maximum Gasteiger partial charge on any atom is 0.223 e. The number of halogens is 1. The highest BCUT2D eigenvalue weighted by molar-refractivity contribution is 5.79. The average molecular weight is 357 g/mol. The number of hydrogen-bond donors (Lipinski definition) is 1. The number of amides is 1. The molecule has 1 aromatic carbocycles. The molecule has 1 amide bonds. The number of piperidine rings is 1. The van der Waals surface area contributed by atoms with Crippen LogP contribution >= 0.6 is 0 Å². The van der Waals surface area contributed by atoms with Crippen molar-refractivity contribution in [2.45, 2.75) is 19.4 Å². The SMILES string of the molecule is CN(C)c1ccc(N2CCC(C(=O)NCc3cccc(F)c3)CC2)nn1. The Bertz CT molecular complexity index is 742. The van der Waals surface area contributed by atoms with Crippen molar-refractivity contribution >= 4 is 17.5 Å². The van der Waals surface area contributed by atoms with Crippen LogP contribution in [0.4, 0.5) is 16.0 Å². The average Bonchev–Trinajstić information content (AvgIpc) is 2.66. The van der Waals surface area contributed by atoms with E-state index in [4.69, 9.17) is 0 Å². The second kappa shape index (κ2) is 8.12. The number of benzene rings is 1. The lowest BCUT2D eigenvalue weighted by atomic mass is 9.96. The lowest BCUT2D eigenvalue weighted by Crippen LogP contribution is -2.40. The largest absolute Gasteiger partial charge is 0.361 e. The van der Waals surface area contributed by atoms with Gasteiger partial charge < -0.3 is 15.1 Å². The summed E-state index contributed by atoms with van der Waals surface area (Å²) >= 11 is 0. The van der Waals surface area contributed by atoms with Gasteiger partial charge in [0.1, 0.15) is 5.82 Å². The Balaban J connectivity index is 1.49. The van der Waals surface area contributed by atoms with Gasteiger partial charge in [-0.05, 0) is 42.7 Å². The van der Waals surface area contributed by atoms with Gasteiger partial charge in [0.2, 0.25) is 5.91 Å². The Morgan fingerprint density at radius 2 is 2.00 bits per heavy atom. The van der Waals surface area contributed by atoms with E-state index in [0.29, 0.717) is 6.54 Å². The van der Waals surface area contributed by atoms with Gasteiger partial charge in [-0.25, -0.2) is 4.39 Å². The second-order valence-electron chi connectivity index (χ2n) is 6.75. The molecular formula is C19H24FN5O. The smallest absolute Gasteiger partial charge is 0.223 e. The van der Waals surface area contributed by atoms with Crippen molar-refractivity contribution in [2.24, 2.45) is 5.92 Å². The molecule has 6 nitrogen and oxygen atoms in total. The highest BCUT2D eigenvalue weighted by atomic mass is 19.1. The van der Waals surface area contributed by atoms with E-state index in [1.807, 2.05) is 37.2 Å². The van der Waals surface area contributed by atoms with Crippen LogP contribution in [0.15, 0.2) is 36.4 Å². The van der Waals surface area contributed by atoms with Gasteiger partial charge in [-0.15, -0.1) is 10.2 Å². The van der Waals surface area contributed by atoms with E-state index >= 15 is 0 Å². The molecule has 26 heavy (non-hydrogen) atoms. The third-order valence-electron chi connectivity index (χ3n) is 4.64. The van der Waals surface area contributed by atoms with E-state index < -0.39 is 0 Å². The van der Waals surface area contributed by atoms with Crippen LogP contribution in [-0.2, 0) is 11.3 Å². The number of nitrogens with one attached hydrogen (secondary N) is 1. The van der Waals surface area contributed by atoms with Gasteiger partial charge in [-0.3, -0.25) is 4.79 Å². The Labute approximate surface area is 153 Å². The van der Waals surface area contributed by atoms with Gasteiger partial charge in [0.25, 0.3) is 0 Å². The van der Waals surface area contributed by atoms with Crippen molar-refractivity contribution < 1.29 is 9.18 Å². The van der Waals surface area contributed by atoms with Crippen LogP contribution in [0.5, 0.6) is 0 Å². The number of carbonyl (C=O) groups is 1. The topological polar surface area (TPSA) is 61.4 Å². The predicted molar refractivity (Wildman–Crippen MR) is 99.5 cm³/mol. The Morgan fingerprint density at radius 1 is 1.23 bits per heavy atom. The first kappa shape index (κ1) is 18.1. The minimum absolute atomic E-state index is 0.0196. The van der Waals surface area contributed by atoms with Crippen LogP contribution in [-0.4, -0.2) is 43.3 Å². The van der Waals surface area contributed by atoms with Crippen LogP contribution in [0.3, 0.4) is 0 Å². The van der Waals surface area contributed by atoms with E-state index in [1.54, 1.807) is 6.07 Å². The molecule has 138 valence electrons. The molecule has 7 heteroatoms. The molecule has 3 rings (SSSR count). The molecule has 0 saturated carbocycles. The van der Waals surface area contributed by atoms with E-state index in [2.05, 4.69) is 20.4 Å².